The summed E-state index contributed by atoms with van der Waals surface area (Å²) in [6, 6.07) is 19.4. The number of hydrogen-bond donors (Lipinski definition) is 1. The lowest BCUT2D eigenvalue weighted by atomic mass is 10.2. The van der Waals surface area contributed by atoms with E-state index < -0.39 is 0 Å². The number of thioether (sulfide) groups is 1. The maximum atomic E-state index is 12.5. The first-order chi connectivity index (χ1) is 11.2. The van der Waals surface area contributed by atoms with E-state index in [0.717, 1.165) is 16.1 Å². The number of urea groups is 1. The smallest absolute Gasteiger partial charge is 0.319 e. The first-order valence-corrected chi connectivity index (χ1v) is 8.56. The highest BCUT2D eigenvalue weighted by molar-refractivity contribution is 7.98. The molecule has 0 unspecified atom stereocenters. The molecular weight excluding hydrogens is 306 g/mol. The second-order valence-corrected chi connectivity index (χ2v) is 5.85. The molecule has 118 valence electrons. The van der Waals surface area contributed by atoms with E-state index in [9.17, 15) is 4.79 Å². The van der Waals surface area contributed by atoms with Gasteiger partial charge >= 0.3 is 6.03 Å². The summed E-state index contributed by atoms with van der Waals surface area (Å²) in [6.45, 7) is 0.886. The third-order valence-corrected chi connectivity index (χ3v) is 4.08. The summed E-state index contributed by atoms with van der Waals surface area (Å²) in [5.41, 5.74) is 1.79. The molecule has 23 heavy (non-hydrogen) atoms. The Morgan fingerprint density at radius 3 is 2.48 bits per heavy atom. The van der Waals surface area contributed by atoms with E-state index in [4.69, 9.17) is 5.26 Å². The minimum absolute atomic E-state index is 0.194. The number of amides is 2. The second kappa shape index (κ2) is 8.86. The summed E-state index contributed by atoms with van der Waals surface area (Å²) < 4.78 is 0. The Bertz CT molecular complexity index is 665. The van der Waals surface area contributed by atoms with Crippen LogP contribution in [-0.2, 0) is 6.54 Å². The van der Waals surface area contributed by atoms with Crippen molar-refractivity contribution in [2.75, 3.05) is 18.1 Å². The highest BCUT2D eigenvalue weighted by atomic mass is 32.2. The number of nitrogens with zero attached hydrogens (tertiary/aromatic N) is 2. The van der Waals surface area contributed by atoms with Crippen molar-refractivity contribution in [1.82, 2.24) is 4.90 Å². The fourth-order valence-electron chi connectivity index (χ4n) is 2.12. The van der Waals surface area contributed by atoms with Crippen molar-refractivity contribution in [3.05, 3.63) is 60.2 Å². The van der Waals surface area contributed by atoms with Gasteiger partial charge in [0.05, 0.1) is 12.5 Å². The van der Waals surface area contributed by atoms with Crippen LogP contribution in [0, 0.1) is 11.3 Å². The van der Waals surface area contributed by atoms with Crippen molar-refractivity contribution in [1.29, 1.82) is 5.26 Å². The molecule has 0 saturated heterocycles. The van der Waals surface area contributed by atoms with Gasteiger partial charge in [-0.25, -0.2) is 4.79 Å². The minimum atomic E-state index is -0.194. The van der Waals surface area contributed by atoms with E-state index in [1.54, 1.807) is 16.7 Å². The first-order valence-electron chi connectivity index (χ1n) is 7.34. The Morgan fingerprint density at radius 1 is 1.17 bits per heavy atom. The summed E-state index contributed by atoms with van der Waals surface area (Å²) in [6.07, 6.45) is 2.32. The molecule has 2 rings (SSSR count). The molecular formula is C18H19N3OS. The first kappa shape index (κ1) is 16.9. The van der Waals surface area contributed by atoms with Crippen molar-refractivity contribution in [3.63, 3.8) is 0 Å². The highest BCUT2D eigenvalue weighted by Gasteiger charge is 2.14. The number of hydrogen-bond acceptors (Lipinski definition) is 3. The third kappa shape index (κ3) is 5.35. The number of carbonyl (C=O) groups excluding carboxylic acids is 1. The molecule has 0 radical (unpaired) electrons. The van der Waals surface area contributed by atoms with Gasteiger partial charge in [-0.1, -0.05) is 30.3 Å². The lowest BCUT2D eigenvalue weighted by molar-refractivity contribution is 0.210. The lowest BCUT2D eigenvalue weighted by Gasteiger charge is -2.22. The number of carbonyl (C=O) groups is 1. The molecule has 0 spiro atoms. The molecule has 0 saturated carbocycles. The largest absolute Gasteiger partial charge is 0.322 e. The van der Waals surface area contributed by atoms with Gasteiger partial charge in [0.1, 0.15) is 0 Å². The maximum absolute atomic E-state index is 12.5. The van der Waals surface area contributed by atoms with Crippen molar-refractivity contribution in [3.8, 4) is 6.07 Å². The highest BCUT2D eigenvalue weighted by Crippen LogP contribution is 2.18. The second-order valence-electron chi connectivity index (χ2n) is 4.97. The van der Waals surface area contributed by atoms with E-state index in [1.807, 2.05) is 60.9 Å². The average molecular weight is 325 g/mol. The van der Waals surface area contributed by atoms with Gasteiger partial charge in [0.2, 0.25) is 0 Å². The topological polar surface area (TPSA) is 56.1 Å². The van der Waals surface area contributed by atoms with Crippen LogP contribution in [0.2, 0.25) is 0 Å². The molecule has 2 amide bonds. The molecule has 0 aromatic heterocycles. The number of rotatable bonds is 6. The summed E-state index contributed by atoms with van der Waals surface area (Å²) in [4.78, 5) is 15.3. The molecule has 2 aromatic rings. The minimum Gasteiger partial charge on any atom is -0.319 e. The van der Waals surface area contributed by atoms with Gasteiger partial charge in [-0.2, -0.15) is 5.26 Å². The van der Waals surface area contributed by atoms with Crippen LogP contribution in [0.5, 0.6) is 0 Å². The van der Waals surface area contributed by atoms with Crippen molar-refractivity contribution < 1.29 is 4.79 Å². The van der Waals surface area contributed by atoms with E-state index in [-0.39, 0.29) is 6.03 Å². The average Bonchev–Trinajstić information content (AvgIpc) is 2.60. The third-order valence-electron chi connectivity index (χ3n) is 3.34. The summed E-state index contributed by atoms with van der Waals surface area (Å²) in [5, 5.41) is 11.7. The Labute approximate surface area is 141 Å². The zero-order valence-corrected chi connectivity index (χ0v) is 13.8. The zero-order chi connectivity index (χ0) is 16.5. The lowest BCUT2D eigenvalue weighted by Crippen LogP contribution is -2.35. The van der Waals surface area contributed by atoms with Gasteiger partial charge in [0, 0.05) is 23.7 Å². The molecule has 4 nitrogen and oxygen atoms in total. The number of anilines is 1. The van der Waals surface area contributed by atoms with Gasteiger partial charge in [-0.05, 0) is 36.1 Å². The molecule has 5 heteroatoms. The van der Waals surface area contributed by atoms with Gasteiger partial charge in [-0.15, -0.1) is 11.8 Å². The summed E-state index contributed by atoms with van der Waals surface area (Å²) in [5.74, 6) is 0. The SMILES string of the molecule is CSc1ccc(NC(=O)N(CCC#N)Cc2ccccc2)cc1. The van der Waals surface area contributed by atoms with Crippen molar-refractivity contribution in [2.45, 2.75) is 17.9 Å². The normalized spacial score (nSPS) is 9.91. The molecule has 0 fully saturated rings. The van der Waals surface area contributed by atoms with E-state index in [1.165, 1.54) is 0 Å². The van der Waals surface area contributed by atoms with Crippen LogP contribution in [0.15, 0.2) is 59.5 Å². The standard InChI is InChI=1S/C18H19N3OS/c1-23-17-10-8-16(9-11-17)20-18(22)21(13-5-12-19)14-15-6-3-2-4-7-15/h2-4,6-11H,5,13-14H2,1H3,(H,20,22). The van der Waals surface area contributed by atoms with Gasteiger partial charge in [-0.3, -0.25) is 0 Å². The molecule has 0 aliphatic carbocycles. The van der Waals surface area contributed by atoms with Crippen LogP contribution >= 0.6 is 11.8 Å². The molecule has 0 bridgehead atoms. The number of nitriles is 1. The fraction of sp³-hybridized carbons (Fsp3) is 0.222. The Balaban J connectivity index is 2.04. The Morgan fingerprint density at radius 2 is 1.87 bits per heavy atom. The van der Waals surface area contributed by atoms with Crippen molar-refractivity contribution in [2.24, 2.45) is 0 Å². The predicted octanol–water partition coefficient (Wildman–Crippen LogP) is 4.36. The maximum Gasteiger partial charge on any atom is 0.322 e. The van der Waals surface area contributed by atoms with E-state index in [0.29, 0.717) is 19.5 Å². The zero-order valence-electron chi connectivity index (χ0n) is 13.0. The number of nitrogens with one attached hydrogen (secondary N) is 1. The van der Waals surface area contributed by atoms with Crippen LogP contribution in [0.3, 0.4) is 0 Å². The molecule has 2 aromatic carbocycles. The number of benzene rings is 2. The molecule has 0 atom stereocenters. The van der Waals surface area contributed by atoms with Crippen LogP contribution in [-0.4, -0.2) is 23.7 Å². The predicted molar refractivity (Wildman–Crippen MR) is 94.3 cm³/mol. The molecule has 0 aliphatic heterocycles. The van der Waals surface area contributed by atoms with Crippen LogP contribution < -0.4 is 5.32 Å². The Hall–Kier alpha value is -2.45. The van der Waals surface area contributed by atoms with Gasteiger partial charge in [0.15, 0.2) is 0 Å². The van der Waals surface area contributed by atoms with Gasteiger partial charge in [0.25, 0.3) is 0 Å². The van der Waals surface area contributed by atoms with Gasteiger partial charge < -0.3 is 10.2 Å². The van der Waals surface area contributed by atoms with Crippen LogP contribution in [0.4, 0.5) is 10.5 Å². The monoisotopic (exact) mass is 325 g/mol. The summed E-state index contributed by atoms with van der Waals surface area (Å²) >= 11 is 1.66. The molecule has 1 N–H and O–H groups in total. The van der Waals surface area contributed by atoms with E-state index >= 15 is 0 Å². The Kier molecular flexibility index (Phi) is 6.52. The van der Waals surface area contributed by atoms with Crippen LogP contribution in [0.1, 0.15) is 12.0 Å². The fourth-order valence-corrected chi connectivity index (χ4v) is 2.53. The van der Waals surface area contributed by atoms with Crippen LogP contribution in [0.25, 0.3) is 0 Å². The quantitative estimate of drug-likeness (QED) is 0.803. The van der Waals surface area contributed by atoms with Crippen molar-refractivity contribution >= 4 is 23.5 Å². The molecule has 0 aliphatic rings. The molecule has 0 heterocycles. The summed E-state index contributed by atoms with van der Waals surface area (Å²) in [7, 11) is 0. The van der Waals surface area contributed by atoms with E-state index in [2.05, 4.69) is 11.4 Å².